The Morgan fingerprint density at radius 3 is 2.83 bits per heavy atom. The van der Waals surface area contributed by atoms with Gasteiger partial charge in [0, 0.05) is 43.5 Å². The molecule has 1 unspecified atom stereocenters. The molecule has 1 amide bonds. The molecule has 130 valence electrons. The number of benzene rings is 1. The minimum atomic E-state index is 0. The number of ether oxygens (including phenoxy) is 1. The summed E-state index contributed by atoms with van der Waals surface area (Å²) in [7, 11) is 0. The van der Waals surface area contributed by atoms with Crippen LogP contribution in [0.4, 0.5) is 5.69 Å². The summed E-state index contributed by atoms with van der Waals surface area (Å²) in [4.78, 5) is 14.7. The van der Waals surface area contributed by atoms with Crippen molar-refractivity contribution in [3.05, 3.63) is 29.3 Å². The molecular formula is C16H25Cl2N3O2. The fourth-order valence-corrected chi connectivity index (χ4v) is 2.97. The van der Waals surface area contributed by atoms with Gasteiger partial charge in [0.1, 0.15) is 0 Å². The number of fused-ring (bicyclic) bond motifs is 1. The minimum absolute atomic E-state index is 0. The maximum atomic E-state index is 12.3. The molecular weight excluding hydrogens is 337 g/mol. The standard InChI is InChI=1S/C16H23N3O2.2ClH/c1-12(11-19-6-8-21-9-7-19)18-16(20)14-2-3-15-13(10-14)4-5-17-15;;/h2-3,10,12,17H,4-9,11H2,1H3,(H,18,20);2*1H. The topological polar surface area (TPSA) is 53.6 Å². The second-order valence-electron chi connectivity index (χ2n) is 5.84. The van der Waals surface area contributed by atoms with Crippen molar-refractivity contribution in [2.75, 3.05) is 44.7 Å². The van der Waals surface area contributed by atoms with E-state index in [0.29, 0.717) is 0 Å². The first-order valence-electron chi connectivity index (χ1n) is 7.70. The van der Waals surface area contributed by atoms with E-state index in [0.717, 1.165) is 57.1 Å². The van der Waals surface area contributed by atoms with Gasteiger partial charge in [-0.25, -0.2) is 0 Å². The molecule has 0 spiro atoms. The van der Waals surface area contributed by atoms with Crippen LogP contribution < -0.4 is 10.6 Å². The van der Waals surface area contributed by atoms with Gasteiger partial charge in [-0.3, -0.25) is 9.69 Å². The van der Waals surface area contributed by atoms with Crippen molar-refractivity contribution in [1.82, 2.24) is 10.2 Å². The Hall–Kier alpha value is -1.01. The monoisotopic (exact) mass is 361 g/mol. The zero-order valence-electron chi connectivity index (χ0n) is 13.3. The van der Waals surface area contributed by atoms with Crippen molar-refractivity contribution in [2.45, 2.75) is 19.4 Å². The molecule has 1 fully saturated rings. The van der Waals surface area contributed by atoms with Crippen molar-refractivity contribution < 1.29 is 9.53 Å². The first kappa shape index (κ1) is 20.0. The highest BCUT2D eigenvalue weighted by atomic mass is 35.5. The van der Waals surface area contributed by atoms with Gasteiger partial charge in [0.2, 0.25) is 0 Å². The average Bonchev–Trinajstić information content (AvgIpc) is 2.95. The lowest BCUT2D eigenvalue weighted by Gasteiger charge is -2.29. The van der Waals surface area contributed by atoms with Gasteiger partial charge in [0.05, 0.1) is 13.2 Å². The van der Waals surface area contributed by atoms with E-state index in [4.69, 9.17) is 4.74 Å². The molecule has 2 aliphatic heterocycles. The number of carbonyl (C=O) groups is 1. The normalized spacial score (nSPS) is 18.0. The van der Waals surface area contributed by atoms with Crippen molar-refractivity contribution >= 4 is 36.4 Å². The van der Waals surface area contributed by atoms with Crippen LogP contribution >= 0.6 is 24.8 Å². The summed E-state index contributed by atoms with van der Waals surface area (Å²) in [5.74, 6) is 0.0189. The van der Waals surface area contributed by atoms with Crippen molar-refractivity contribution in [2.24, 2.45) is 0 Å². The Labute approximate surface area is 150 Å². The molecule has 0 radical (unpaired) electrons. The Morgan fingerprint density at radius 1 is 1.35 bits per heavy atom. The van der Waals surface area contributed by atoms with E-state index in [1.165, 1.54) is 5.56 Å². The molecule has 2 heterocycles. The van der Waals surface area contributed by atoms with Crippen molar-refractivity contribution in [1.29, 1.82) is 0 Å². The van der Waals surface area contributed by atoms with E-state index in [2.05, 4.69) is 22.5 Å². The molecule has 1 aromatic rings. The largest absolute Gasteiger partial charge is 0.384 e. The molecule has 3 rings (SSSR count). The highest BCUT2D eigenvalue weighted by molar-refractivity contribution is 5.95. The lowest BCUT2D eigenvalue weighted by Crippen LogP contribution is -2.46. The molecule has 1 aromatic carbocycles. The molecule has 1 saturated heterocycles. The summed E-state index contributed by atoms with van der Waals surface area (Å²) in [5.41, 5.74) is 3.16. The summed E-state index contributed by atoms with van der Waals surface area (Å²) >= 11 is 0. The number of carbonyl (C=O) groups excluding carboxylic acids is 1. The highest BCUT2D eigenvalue weighted by Gasteiger charge is 2.17. The third kappa shape index (κ3) is 5.24. The third-order valence-electron chi connectivity index (χ3n) is 4.09. The lowest BCUT2D eigenvalue weighted by atomic mass is 10.1. The number of halogens is 2. The van der Waals surface area contributed by atoms with Crippen LogP contribution in [0.5, 0.6) is 0 Å². The van der Waals surface area contributed by atoms with Crippen LogP contribution in [0, 0.1) is 0 Å². The fraction of sp³-hybridized carbons (Fsp3) is 0.562. The number of hydrogen-bond donors (Lipinski definition) is 2. The smallest absolute Gasteiger partial charge is 0.251 e. The predicted molar refractivity (Wildman–Crippen MR) is 97.3 cm³/mol. The predicted octanol–water partition coefficient (Wildman–Crippen LogP) is 1.95. The molecule has 2 N–H and O–H groups in total. The second kappa shape index (κ2) is 9.33. The summed E-state index contributed by atoms with van der Waals surface area (Å²) in [6.45, 7) is 7.38. The van der Waals surface area contributed by atoms with Crippen LogP contribution in [0.25, 0.3) is 0 Å². The number of nitrogens with one attached hydrogen (secondary N) is 2. The summed E-state index contributed by atoms with van der Waals surface area (Å²) < 4.78 is 5.34. The number of nitrogens with zero attached hydrogens (tertiary/aromatic N) is 1. The SMILES string of the molecule is CC(CN1CCOCC1)NC(=O)c1ccc2c(c1)CCN2.Cl.Cl. The minimum Gasteiger partial charge on any atom is -0.384 e. The van der Waals surface area contributed by atoms with E-state index in [1.54, 1.807) is 0 Å². The molecule has 1 atom stereocenters. The Bertz CT molecular complexity index is 522. The van der Waals surface area contributed by atoms with Crippen LogP contribution in [0.1, 0.15) is 22.8 Å². The summed E-state index contributed by atoms with van der Waals surface area (Å²) in [5, 5.41) is 6.40. The van der Waals surface area contributed by atoms with E-state index in [9.17, 15) is 4.79 Å². The number of anilines is 1. The maximum absolute atomic E-state index is 12.3. The van der Waals surface area contributed by atoms with Crippen molar-refractivity contribution in [3.8, 4) is 0 Å². The second-order valence-corrected chi connectivity index (χ2v) is 5.84. The molecule has 23 heavy (non-hydrogen) atoms. The van der Waals surface area contributed by atoms with Crippen LogP contribution in [-0.2, 0) is 11.2 Å². The first-order chi connectivity index (χ1) is 10.2. The number of amides is 1. The molecule has 0 saturated carbocycles. The molecule has 0 aliphatic carbocycles. The van der Waals surface area contributed by atoms with Crippen LogP contribution in [0.2, 0.25) is 0 Å². The molecule has 7 heteroatoms. The number of hydrogen-bond acceptors (Lipinski definition) is 4. The Balaban J connectivity index is 0.00000132. The maximum Gasteiger partial charge on any atom is 0.251 e. The van der Waals surface area contributed by atoms with Crippen LogP contribution in [0.15, 0.2) is 18.2 Å². The lowest BCUT2D eigenvalue weighted by molar-refractivity contribution is 0.0342. The quantitative estimate of drug-likeness (QED) is 0.860. The first-order valence-corrected chi connectivity index (χ1v) is 7.70. The van der Waals surface area contributed by atoms with Crippen LogP contribution in [-0.4, -0.2) is 56.2 Å². The molecule has 0 bridgehead atoms. The number of morpholine rings is 1. The Morgan fingerprint density at radius 2 is 2.09 bits per heavy atom. The molecule has 2 aliphatic rings. The summed E-state index contributed by atoms with van der Waals surface area (Å²) in [6.07, 6.45) is 1.000. The average molecular weight is 362 g/mol. The fourth-order valence-electron chi connectivity index (χ4n) is 2.97. The molecule has 0 aromatic heterocycles. The molecule has 5 nitrogen and oxygen atoms in total. The van der Waals surface area contributed by atoms with Gasteiger partial charge in [-0.1, -0.05) is 0 Å². The highest BCUT2D eigenvalue weighted by Crippen LogP contribution is 2.22. The van der Waals surface area contributed by atoms with Gasteiger partial charge in [-0.05, 0) is 37.1 Å². The number of rotatable bonds is 4. The van der Waals surface area contributed by atoms with Gasteiger partial charge in [-0.2, -0.15) is 0 Å². The van der Waals surface area contributed by atoms with Gasteiger partial charge >= 0.3 is 0 Å². The van der Waals surface area contributed by atoms with Crippen molar-refractivity contribution in [3.63, 3.8) is 0 Å². The summed E-state index contributed by atoms with van der Waals surface area (Å²) in [6, 6.07) is 6.05. The van der Waals surface area contributed by atoms with E-state index >= 15 is 0 Å². The van der Waals surface area contributed by atoms with Gasteiger partial charge in [0.25, 0.3) is 5.91 Å². The zero-order chi connectivity index (χ0) is 14.7. The van der Waals surface area contributed by atoms with E-state index in [1.807, 2.05) is 18.2 Å². The van der Waals surface area contributed by atoms with Gasteiger partial charge < -0.3 is 15.4 Å². The zero-order valence-corrected chi connectivity index (χ0v) is 15.0. The van der Waals surface area contributed by atoms with Gasteiger partial charge in [-0.15, -0.1) is 24.8 Å². The van der Waals surface area contributed by atoms with Crippen LogP contribution in [0.3, 0.4) is 0 Å². The van der Waals surface area contributed by atoms with E-state index in [-0.39, 0.29) is 36.8 Å². The third-order valence-corrected chi connectivity index (χ3v) is 4.09. The van der Waals surface area contributed by atoms with Gasteiger partial charge in [0.15, 0.2) is 0 Å². The Kier molecular flexibility index (Phi) is 8.12. The van der Waals surface area contributed by atoms with E-state index < -0.39 is 0 Å².